The average molecular weight is 345 g/mol. The highest BCUT2D eigenvalue weighted by atomic mass is 16.5. The Morgan fingerprint density at radius 1 is 0.760 bits per heavy atom. The van der Waals surface area contributed by atoms with Crippen LogP contribution >= 0.6 is 0 Å². The van der Waals surface area contributed by atoms with Gasteiger partial charge in [-0.3, -0.25) is 0 Å². The molecule has 0 saturated heterocycles. The van der Waals surface area contributed by atoms with Crippen LogP contribution in [0.5, 0.6) is 0 Å². The van der Waals surface area contributed by atoms with Crippen molar-refractivity contribution in [3.63, 3.8) is 0 Å². The number of ether oxygens (including phenoxy) is 2. The number of benzene rings is 1. The van der Waals surface area contributed by atoms with Crippen molar-refractivity contribution >= 4 is 17.6 Å². The molecule has 5 heteroatoms. The van der Waals surface area contributed by atoms with E-state index in [1.54, 1.807) is 12.1 Å². The van der Waals surface area contributed by atoms with Crippen LogP contribution in [-0.2, 0) is 9.47 Å². The Bertz CT molecular complexity index is 616. The Morgan fingerprint density at radius 3 is 1.76 bits per heavy atom. The minimum absolute atomic E-state index is 0.0546. The summed E-state index contributed by atoms with van der Waals surface area (Å²) < 4.78 is 11.2. The van der Waals surface area contributed by atoms with Gasteiger partial charge in [-0.2, -0.15) is 0 Å². The molecule has 2 fully saturated rings. The normalized spacial score (nSPS) is 19.4. The molecule has 2 aliphatic carbocycles. The number of hydrogen-bond donors (Lipinski definition) is 1. The smallest absolute Gasteiger partial charge is 0.339 e. The van der Waals surface area contributed by atoms with Gasteiger partial charge in [-0.25, -0.2) is 9.59 Å². The van der Waals surface area contributed by atoms with Gasteiger partial charge >= 0.3 is 11.9 Å². The van der Waals surface area contributed by atoms with E-state index in [4.69, 9.17) is 15.2 Å². The number of nitrogens with two attached hydrogens (primary N) is 1. The van der Waals surface area contributed by atoms with E-state index >= 15 is 0 Å². The van der Waals surface area contributed by atoms with E-state index in [9.17, 15) is 9.59 Å². The minimum atomic E-state index is -0.477. The monoisotopic (exact) mass is 345 g/mol. The quantitative estimate of drug-likeness (QED) is 0.652. The Hall–Kier alpha value is -2.04. The predicted octanol–water partition coefficient (Wildman–Crippen LogP) is 4.25. The maximum absolute atomic E-state index is 12.6. The minimum Gasteiger partial charge on any atom is -0.459 e. The van der Waals surface area contributed by atoms with Crippen LogP contribution in [0, 0.1) is 0 Å². The summed E-state index contributed by atoms with van der Waals surface area (Å²) in [6.07, 6.45) is 10.1. The molecule has 1 aromatic carbocycles. The molecule has 0 amide bonds. The lowest BCUT2D eigenvalue weighted by Crippen LogP contribution is -2.25. The maximum atomic E-state index is 12.6. The molecule has 2 saturated carbocycles. The first-order valence-corrected chi connectivity index (χ1v) is 9.45. The molecule has 0 bridgehead atoms. The third kappa shape index (κ3) is 4.74. The molecule has 0 radical (unpaired) electrons. The summed E-state index contributed by atoms with van der Waals surface area (Å²) in [5.74, 6) is -0.933. The summed E-state index contributed by atoms with van der Waals surface area (Å²) >= 11 is 0. The second kappa shape index (κ2) is 8.37. The van der Waals surface area contributed by atoms with Crippen LogP contribution in [0.1, 0.15) is 84.9 Å². The Morgan fingerprint density at radius 2 is 1.24 bits per heavy atom. The predicted molar refractivity (Wildman–Crippen MR) is 95.4 cm³/mol. The largest absolute Gasteiger partial charge is 0.459 e. The lowest BCUT2D eigenvalue weighted by molar-refractivity contribution is 0.0164. The number of carbonyl (C=O) groups excluding carboxylic acids is 2. The van der Waals surface area contributed by atoms with Gasteiger partial charge < -0.3 is 15.2 Å². The van der Waals surface area contributed by atoms with Crippen molar-refractivity contribution in [2.45, 2.75) is 76.4 Å². The third-order valence-corrected chi connectivity index (χ3v) is 5.14. The second-order valence-corrected chi connectivity index (χ2v) is 7.14. The molecular formula is C20H27NO4. The van der Waals surface area contributed by atoms with Gasteiger partial charge in [0.25, 0.3) is 0 Å². The number of esters is 2. The number of hydrogen-bond acceptors (Lipinski definition) is 5. The molecule has 2 N–H and O–H groups in total. The standard InChI is InChI=1S/C20H27NO4/c21-14-11-12-17(19(22)24-15-7-3-1-4-8-15)18(13-14)20(23)25-16-9-5-2-6-10-16/h11-13,15-16H,1-10,21H2. The molecule has 136 valence electrons. The fraction of sp³-hybridized carbons (Fsp3) is 0.600. The van der Waals surface area contributed by atoms with Crippen molar-refractivity contribution in [2.75, 3.05) is 5.73 Å². The molecule has 0 atom stereocenters. The zero-order valence-corrected chi connectivity index (χ0v) is 14.7. The highest BCUT2D eigenvalue weighted by molar-refractivity contribution is 6.04. The van der Waals surface area contributed by atoms with Crippen LogP contribution in [0.2, 0.25) is 0 Å². The first kappa shape index (κ1) is 17.8. The van der Waals surface area contributed by atoms with Crippen molar-refractivity contribution in [3.8, 4) is 0 Å². The van der Waals surface area contributed by atoms with E-state index in [1.807, 2.05) is 0 Å². The summed E-state index contributed by atoms with van der Waals surface area (Å²) in [7, 11) is 0. The van der Waals surface area contributed by atoms with Crippen molar-refractivity contribution < 1.29 is 19.1 Å². The number of rotatable bonds is 4. The number of nitrogen functional groups attached to an aromatic ring is 1. The van der Waals surface area contributed by atoms with Crippen LogP contribution in [-0.4, -0.2) is 24.1 Å². The van der Waals surface area contributed by atoms with Crippen LogP contribution in [0.25, 0.3) is 0 Å². The van der Waals surface area contributed by atoms with Crippen LogP contribution < -0.4 is 5.73 Å². The first-order chi connectivity index (χ1) is 12.1. The summed E-state index contributed by atoms with van der Waals surface area (Å²) in [6.45, 7) is 0. The second-order valence-electron chi connectivity index (χ2n) is 7.14. The van der Waals surface area contributed by atoms with Gasteiger partial charge in [0.05, 0.1) is 11.1 Å². The van der Waals surface area contributed by atoms with E-state index in [0.29, 0.717) is 5.69 Å². The van der Waals surface area contributed by atoms with Crippen LogP contribution in [0.15, 0.2) is 18.2 Å². The van der Waals surface area contributed by atoms with Gasteiger partial charge in [0.2, 0.25) is 0 Å². The molecule has 0 unspecified atom stereocenters. The van der Waals surface area contributed by atoms with Gasteiger partial charge in [0, 0.05) is 5.69 Å². The van der Waals surface area contributed by atoms with Gasteiger partial charge in [-0.05, 0) is 69.6 Å². The first-order valence-electron chi connectivity index (χ1n) is 9.45. The zero-order valence-electron chi connectivity index (χ0n) is 14.7. The molecule has 3 rings (SSSR count). The summed E-state index contributed by atoms with van der Waals surface area (Å²) in [5, 5.41) is 0. The van der Waals surface area contributed by atoms with E-state index in [0.717, 1.165) is 51.4 Å². The topological polar surface area (TPSA) is 78.6 Å². The molecular weight excluding hydrogens is 318 g/mol. The highest BCUT2D eigenvalue weighted by Gasteiger charge is 2.26. The van der Waals surface area contributed by atoms with Crippen molar-refractivity contribution in [2.24, 2.45) is 0 Å². The molecule has 2 aliphatic rings. The fourth-order valence-corrected chi connectivity index (χ4v) is 3.70. The van der Waals surface area contributed by atoms with E-state index in [2.05, 4.69) is 0 Å². The lowest BCUT2D eigenvalue weighted by atomic mass is 9.97. The van der Waals surface area contributed by atoms with E-state index < -0.39 is 11.9 Å². The van der Waals surface area contributed by atoms with E-state index in [1.165, 1.54) is 18.9 Å². The fourth-order valence-electron chi connectivity index (χ4n) is 3.70. The Kier molecular flexibility index (Phi) is 5.95. The molecule has 25 heavy (non-hydrogen) atoms. The summed E-state index contributed by atoms with van der Waals surface area (Å²) in [6, 6.07) is 4.70. The van der Waals surface area contributed by atoms with E-state index in [-0.39, 0.29) is 23.3 Å². The van der Waals surface area contributed by atoms with Crippen molar-refractivity contribution in [1.82, 2.24) is 0 Å². The third-order valence-electron chi connectivity index (χ3n) is 5.14. The van der Waals surface area contributed by atoms with Crippen molar-refractivity contribution in [1.29, 1.82) is 0 Å². The zero-order chi connectivity index (χ0) is 17.6. The Labute approximate surface area is 148 Å². The van der Waals surface area contributed by atoms with Gasteiger partial charge in [-0.15, -0.1) is 0 Å². The molecule has 0 heterocycles. The maximum Gasteiger partial charge on any atom is 0.339 e. The molecule has 5 nitrogen and oxygen atoms in total. The summed E-state index contributed by atoms with van der Waals surface area (Å²) in [4.78, 5) is 25.2. The number of anilines is 1. The SMILES string of the molecule is Nc1ccc(C(=O)OC2CCCCC2)c(C(=O)OC2CCCCC2)c1. The van der Waals surface area contributed by atoms with Crippen LogP contribution in [0.3, 0.4) is 0 Å². The van der Waals surface area contributed by atoms with Gasteiger partial charge in [0.15, 0.2) is 0 Å². The average Bonchev–Trinajstić information content (AvgIpc) is 2.63. The van der Waals surface area contributed by atoms with Crippen molar-refractivity contribution in [3.05, 3.63) is 29.3 Å². The molecule has 0 aromatic heterocycles. The number of carbonyl (C=O) groups is 2. The van der Waals surface area contributed by atoms with Gasteiger partial charge in [-0.1, -0.05) is 12.8 Å². The highest BCUT2D eigenvalue weighted by Crippen LogP contribution is 2.25. The Balaban J connectivity index is 1.72. The lowest BCUT2D eigenvalue weighted by Gasteiger charge is -2.23. The summed E-state index contributed by atoms with van der Waals surface area (Å²) in [5.41, 5.74) is 6.72. The molecule has 1 aromatic rings. The molecule has 0 aliphatic heterocycles. The molecule has 0 spiro atoms. The van der Waals surface area contributed by atoms with Crippen LogP contribution in [0.4, 0.5) is 5.69 Å². The van der Waals surface area contributed by atoms with Gasteiger partial charge in [0.1, 0.15) is 12.2 Å².